The Labute approximate surface area is 112 Å². The van der Waals surface area contributed by atoms with E-state index < -0.39 is 5.91 Å². The van der Waals surface area contributed by atoms with E-state index in [2.05, 4.69) is 15.6 Å². The van der Waals surface area contributed by atoms with Gasteiger partial charge in [-0.1, -0.05) is 0 Å². The lowest BCUT2D eigenvalue weighted by Crippen LogP contribution is -2.33. The standard InChI is InChI=1S/C13H20N4O2/c14-13(18)10-1-6-16-12(9-10)17-7-8-19-11-2-4-15-5-3-11/h1,6,9,11,15H,2-5,7-8H2,(H2,14,18)(H,16,17). The van der Waals surface area contributed by atoms with Gasteiger partial charge in [0.2, 0.25) is 5.91 Å². The van der Waals surface area contributed by atoms with Crippen molar-refractivity contribution in [3.05, 3.63) is 23.9 Å². The third-order valence-corrected chi connectivity index (χ3v) is 3.09. The van der Waals surface area contributed by atoms with Crippen molar-refractivity contribution in [3.8, 4) is 0 Å². The van der Waals surface area contributed by atoms with Gasteiger partial charge < -0.3 is 21.1 Å². The van der Waals surface area contributed by atoms with E-state index in [0.717, 1.165) is 25.9 Å². The maximum Gasteiger partial charge on any atom is 0.248 e. The lowest BCUT2D eigenvalue weighted by molar-refractivity contribution is 0.0394. The highest BCUT2D eigenvalue weighted by molar-refractivity contribution is 5.93. The van der Waals surface area contributed by atoms with Crippen molar-refractivity contribution in [2.75, 3.05) is 31.6 Å². The Hall–Kier alpha value is -1.66. The van der Waals surface area contributed by atoms with Gasteiger partial charge in [0.1, 0.15) is 5.82 Å². The van der Waals surface area contributed by atoms with Crippen LogP contribution in [0.3, 0.4) is 0 Å². The molecule has 0 unspecified atom stereocenters. The average molecular weight is 264 g/mol. The van der Waals surface area contributed by atoms with Gasteiger partial charge in [0.25, 0.3) is 0 Å². The molecule has 19 heavy (non-hydrogen) atoms. The molecule has 2 rings (SSSR count). The van der Waals surface area contributed by atoms with Crippen LogP contribution in [0.15, 0.2) is 18.3 Å². The second kappa shape index (κ2) is 7.06. The topological polar surface area (TPSA) is 89.3 Å². The number of carbonyl (C=O) groups excluding carboxylic acids is 1. The molecule has 1 amide bonds. The van der Waals surface area contributed by atoms with E-state index in [1.165, 1.54) is 0 Å². The minimum atomic E-state index is -0.448. The number of carbonyl (C=O) groups is 1. The zero-order valence-corrected chi connectivity index (χ0v) is 10.9. The Morgan fingerprint density at radius 3 is 3.05 bits per heavy atom. The van der Waals surface area contributed by atoms with Crippen LogP contribution in [0.2, 0.25) is 0 Å². The molecule has 104 valence electrons. The lowest BCUT2D eigenvalue weighted by atomic mass is 10.1. The molecule has 2 heterocycles. The monoisotopic (exact) mass is 264 g/mol. The van der Waals surface area contributed by atoms with Crippen molar-refractivity contribution in [1.82, 2.24) is 10.3 Å². The number of aromatic nitrogens is 1. The maximum absolute atomic E-state index is 11.0. The maximum atomic E-state index is 11.0. The van der Waals surface area contributed by atoms with Gasteiger partial charge in [0.15, 0.2) is 0 Å². The van der Waals surface area contributed by atoms with Crippen LogP contribution in [0.5, 0.6) is 0 Å². The molecule has 6 nitrogen and oxygen atoms in total. The predicted octanol–water partition coefficient (Wildman–Crippen LogP) is 0.361. The number of hydrogen-bond donors (Lipinski definition) is 3. The first-order valence-corrected chi connectivity index (χ1v) is 6.58. The summed E-state index contributed by atoms with van der Waals surface area (Å²) in [5.74, 6) is 0.196. The van der Waals surface area contributed by atoms with Crippen LogP contribution < -0.4 is 16.4 Å². The zero-order valence-electron chi connectivity index (χ0n) is 10.9. The highest BCUT2D eigenvalue weighted by atomic mass is 16.5. The van der Waals surface area contributed by atoms with Gasteiger partial charge >= 0.3 is 0 Å². The van der Waals surface area contributed by atoms with Crippen molar-refractivity contribution < 1.29 is 9.53 Å². The van der Waals surface area contributed by atoms with Crippen molar-refractivity contribution >= 4 is 11.7 Å². The fraction of sp³-hybridized carbons (Fsp3) is 0.538. The van der Waals surface area contributed by atoms with E-state index in [4.69, 9.17) is 10.5 Å². The third-order valence-electron chi connectivity index (χ3n) is 3.09. The van der Waals surface area contributed by atoms with Gasteiger partial charge in [-0.3, -0.25) is 4.79 Å². The summed E-state index contributed by atoms with van der Waals surface area (Å²) < 4.78 is 5.76. The Kier molecular flexibility index (Phi) is 5.11. The van der Waals surface area contributed by atoms with E-state index in [0.29, 0.717) is 30.6 Å². The first-order chi connectivity index (χ1) is 9.25. The van der Waals surface area contributed by atoms with Crippen molar-refractivity contribution in [3.63, 3.8) is 0 Å². The zero-order chi connectivity index (χ0) is 13.5. The number of nitrogens with one attached hydrogen (secondary N) is 2. The second-order valence-electron chi connectivity index (χ2n) is 4.54. The first-order valence-electron chi connectivity index (χ1n) is 6.58. The summed E-state index contributed by atoms with van der Waals surface area (Å²) >= 11 is 0. The summed E-state index contributed by atoms with van der Waals surface area (Å²) in [6.07, 6.45) is 4.05. The predicted molar refractivity (Wildman–Crippen MR) is 73.1 cm³/mol. The fourth-order valence-electron chi connectivity index (χ4n) is 2.05. The molecule has 1 aliphatic heterocycles. The Morgan fingerprint density at radius 2 is 2.32 bits per heavy atom. The largest absolute Gasteiger partial charge is 0.376 e. The normalized spacial score (nSPS) is 16.2. The van der Waals surface area contributed by atoms with Crippen LogP contribution in [0.25, 0.3) is 0 Å². The molecule has 1 aromatic rings. The van der Waals surface area contributed by atoms with Crippen LogP contribution in [-0.2, 0) is 4.74 Å². The van der Waals surface area contributed by atoms with E-state index in [9.17, 15) is 4.79 Å². The fourth-order valence-corrected chi connectivity index (χ4v) is 2.05. The molecule has 1 aliphatic rings. The molecular weight excluding hydrogens is 244 g/mol. The van der Waals surface area contributed by atoms with E-state index in [1.54, 1.807) is 18.3 Å². The van der Waals surface area contributed by atoms with Crippen LogP contribution in [0.1, 0.15) is 23.2 Å². The van der Waals surface area contributed by atoms with Gasteiger partial charge in [-0.25, -0.2) is 4.98 Å². The molecule has 0 atom stereocenters. The number of primary amides is 1. The number of nitrogens with zero attached hydrogens (tertiary/aromatic N) is 1. The van der Waals surface area contributed by atoms with Gasteiger partial charge in [-0.2, -0.15) is 0 Å². The average Bonchev–Trinajstić information content (AvgIpc) is 2.45. The molecule has 1 fully saturated rings. The van der Waals surface area contributed by atoms with Crippen LogP contribution in [-0.4, -0.2) is 43.2 Å². The Bertz CT molecular complexity index is 419. The van der Waals surface area contributed by atoms with Crippen LogP contribution >= 0.6 is 0 Å². The van der Waals surface area contributed by atoms with Crippen molar-refractivity contribution in [2.45, 2.75) is 18.9 Å². The molecular formula is C13H20N4O2. The summed E-state index contributed by atoms with van der Waals surface area (Å²) in [5.41, 5.74) is 5.67. The van der Waals surface area contributed by atoms with Gasteiger partial charge in [0.05, 0.1) is 12.7 Å². The molecule has 1 saturated heterocycles. The summed E-state index contributed by atoms with van der Waals surface area (Å²) in [7, 11) is 0. The molecule has 0 radical (unpaired) electrons. The molecule has 0 saturated carbocycles. The molecule has 6 heteroatoms. The Morgan fingerprint density at radius 1 is 1.53 bits per heavy atom. The van der Waals surface area contributed by atoms with Crippen LogP contribution in [0.4, 0.5) is 5.82 Å². The number of rotatable bonds is 6. The molecule has 0 aromatic carbocycles. The third kappa shape index (κ3) is 4.50. The summed E-state index contributed by atoms with van der Waals surface area (Å²) in [5, 5.41) is 6.42. The minimum Gasteiger partial charge on any atom is -0.376 e. The number of piperidine rings is 1. The number of amides is 1. The second-order valence-corrected chi connectivity index (χ2v) is 4.54. The molecule has 0 bridgehead atoms. The molecule has 0 aliphatic carbocycles. The molecule has 1 aromatic heterocycles. The quantitative estimate of drug-likeness (QED) is 0.646. The van der Waals surface area contributed by atoms with Crippen molar-refractivity contribution in [1.29, 1.82) is 0 Å². The van der Waals surface area contributed by atoms with Gasteiger partial charge in [0, 0.05) is 18.3 Å². The number of anilines is 1. The number of nitrogens with two attached hydrogens (primary N) is 1. The van der Waals surface area contributed by atoms with Gasteiger partial charge in [-0.15, -0.1) is 0 Å². The summed E-state index contributed by atoms with van der Waals surface area (Å²) in [4.78, 5) is 15.1. The first kappa shape index (κ1) is 13.8. The summed E-state index contributed by atoms with van der Waals surface area (Å²) in [6.45, 7) is 3.35. The van der Waals surface area contributed by atoms with E-state index in [1.807, 2.05) is 0 Å². The molecule has 0 spiro atoms. The SMILES string of the molecule is NC(=O)c1ccnc(NCCOC2CCNCC2)c1. The van der Waals surface area contributed by atoms with E-state index >= 15 is 0 Å². The summed E-state index contributed by atoms with van der Waals surface area (Å²) in [6, 6.07) is 3.24. The number of ether oxygens (including phenoxy) is 1. The van der Waals surface area contributed by atoms with Crippen molar-refractivity contribution in [2.24, 2.45) is 5.73 Å². The smallest absolute Gasteiger partial charge is 0.248 e. The Balaban J connectivity index is 1.70. The number of pyridine rings is 1. The van der Waals surface area contributed by atoms with Gasteiger partial charge in [-0.05, 0) is 38.1 Å². The minimum absolute atomic E-state index is 0.355. The highest BCUT2D eigenvalue weighted by Gasteiger charge is 2.12. The number of hydrogen-bond acceptors (Lipinski definition) is 5. The highest BCUT2D eigenvalue weighted by Crippen LogP contribution is 2.08. The lowest BCUT2D eigenvalue weighted by Gasteiger charge is -2.23. The van der Waals surface area contributed by atoms with Crippen LogP contribution in [0, 0.1) is 0 Å². The molecule has 4 N–H and O–H groups in total. The van der Waals surface area contributed by atoms with E-state index in [-0.39, 0.29) is 0 Å².